The summed E-state index contributed by atoms with van der Waals surface area (Å²) in [7, 11) is 0. The van der Waals surface area contributed by atoms with E-state index < -0.39 is 0 Å². The fourth-order valence-corrected chi connectivity index (χ4v) is 7.06. The van der Waals surface area contributed by atoms with Gasteiger partial charge in [-0.1, -0.05) is 104 Å². The Balaban J connectivity index is 1.18. The van der Waals surface area contributed by atoms with E-state index in [0.29, 0.717) is 23.2 Å². The first-order valence-electron chi connectivity index (χ1n) is 15.3. The number of rotatable bonds is 4. The summed E-state index contributed by atoms with van der Waals surface area (Å²) in [5.74, 6) is 1.79. The number of fused-ring (bicyclic) bond motifs is 5. The normalized spacial score (nSPS) is 14.5. The van der Waals surface area contributed by atoms with Gasteiger partial charge in [0.05, 0.1) is 11.6 Å². The molecule has 1 spiro atoms. The minimum atomic E-state index is -0.0221. The van der Waals surface area contributed by atoms with Crippen molar-refractivity contribution in [1.29, 1.82) is 5.26 Å². The highest BCUT2D eigenvalue weighted by Gasteiger charge is 2.44. The Hall–Kier alpha value is -5.47. The molecule has 44 heavy (non-hydrogen) atoms. The lowest BCUT2D eigenvalue weighted by Crippen LogP contribution is -2.28. The average molecular weight is 568 g/mol. The van der Waals surface area contributed by atoms with Crippen LogP contribution in [0.15, 0.2) is 115 Å². The van der Waals surface area contributed by atoms with Crippen LogP contribution in [0, 0.1) is 11.3 Å². The minimum Gasteiger partial charge on any atom is -0.252 e. The number of nitrogens with zero attached hydrogens (tertiary/aromatic N) is 5. The maximum absolute atomic E-state index is 9.65. The molecule has 2 heterocycles. The van der Waals surface area contributed by atoms with Gasteiger partial charge in [-0.2, -0.15) is 5.26 Å². The molecule has 4 aromatic carbocycles. The summed E-state index contributed by atoms with van der Waals surface area (Å²) < 4.78 is 0. The van der Waals surface area contributed by atoms with E-state index in [1.165, 1.54) is 41.5 Å². The molecule has 0 amide bonds. The second-order valence-electron chi connectivity index (χ2n) is 11.7. The van der Waals surface area contributed by atoms with Crippen LogP contribution in [0.2, 0.25) is 0 Å². The maximum Gasteiger partial charge on any atom is 0.182 e. The van der Waals surface area contributed by atoms with Crippen LogP contribution < -0.4 is 0 Å². The first-order chi connectivity index (χ1) is 21.7. The Labute approximate surface area is 257 Å². The summed E-state index contributed by atoms with van der Waals surface area (Å²) in [4.78, 5) is 19.3. The highest BCUT2D eigenvalue weighted by molar-refractivity contribution is 5.84. The molecular weight excluding hydrogens is 538 g/mol. The molecule has 8 rings (SSSR count). The first kappa shape index (κ1) is 26.2. The molecule has 1 saturated carbocycles. The molecule has 6 aromatic rings. The number of hydrogen-bond donors (Lipinski definition) is 0. The van der Waals surface area contributed by atoms with E-state index in [9.17, 15) is 5.26 Å². The molecule has 1 fully saturated rings. The van der Waals surface area contributed by atoms with E-state index in [0.717, 1.165) is 40.7 Å². The van der Waals surface area contributed by atoms with Gasteiger partial charge in [0.1, 0.15) is 5.69 Å². The van der Waals surface area contributed by atoms with Gasteiger partial charge in [-0.25, -0.2) is 15.0 Å². The monoisotopic (exact) mass is 567 g/mol. The van der Waals surface area contributed by atoms with Crippen molar-refractivity contribution in [3.8, 4) is 62.6 Å². The predicted octanol–water partition coefficient (Wildman–Crippen LogP) is 9.04. The van der Waals surface area contributed by atoms with E-state index in [1.54, 1.807) is 0 Å². The molecule has 2 aromatic heterocycles. The average Bonchev–Trinajstić information content (AvgIpc) is 3.36. The standard InChI is InChI=1S/C39H29N5/c40-24-26-14-17-31-32-18-15-29(23-34(32)39(33(31)22-26)20-8-3-9-21-39)30-16-19-35(41-25-30)38-43-36(27-10-4-1-5-11-27)42-37(44-38)28-12-6-2-7-13-28/h1-2,4-7,10-19,22-23,25H,3,8-9,20-21H2. The van der Waals surface area contributed by atoms with Crippen LogP contribution in [-0.4, -0.2) is 19.9 Å². The van der Waals surface area contributed by atoms with Crippen LogP contribution in [0.4, 0.5) is 0 Å². The molecule has 5 nitrogen and oxygen atoms in total. The van der Waals surface area contributed by atoms with Gasteiger partial charge in [0, 0.05) is 28.3 Å². The third-order valence-corrected chi connectivity index (χ3v) is 9.22. The second kappa shape index (κ2) is 10.7. The van der Waals surface area contributed by atoms with Gasteiger partial charge < -0.3 is 0 Å². The number of pyridine rings is 1. The van der Waals surface area contributed by atoms with Crippen LogP contribution in [0.5, 0.6) is 0 Å². The van der Waals surface area contributed by atoms with E-state index >= 15 is 0 Å². The number of nitriles is 1. The van der Waals surface area contributed by atoms with Crippen molar-refractivity contribution in [2.45, 2.75) is 37.5 Å². The molecule has 210 valence electrons. The fourth-order valence-electron chi connectivity index (χ4n) is 7.06. The summed E-state index contributed by atoms with van der Waals surface area (Å²) in [6.07, 6.45) is 7.85. The second-order valence-corrected chi connectivity index (χ2v) is 11.7. The highest BCUT2D eigenvalue weighted by atomic mass is 15.0. The topological polar surface area (TPSA) is 75.3 Å². The van der Waals surface area contributed by atoms with Gasteiger partial charge >= 0.3 is 0 Å². The highest BCUT2D eigenvalue weighted by Crippen LogP contribution is 2.56. The minimum absolute atomic E-state index is 0.0221. The van der Waals surface area contributed by atoms with Crippen LogP contribution >= 0.6 is 0 Å². The SMILES string of the molecule is N#Cc1ccc2c(c1)C1(CCCCC1)c1cc(-c3ccc(-c4nc(-c5ccccc5)nc(-c5ccccc5)n4)nc3)ccc1-2. The molecule has 0 bridgehead atoms. The molecule has 0 unspecified atom stereocenters. The lowest BCUT2D eigenvalue weighted by molar-refractivity contribution is 0.353. The van der Waals surface area contributed by atoms with Gasteiger partial charge in [0.25, 0.3) is 0 Å². The molecule has 0 N–H and O–H groups in total. The van der Waals surface area contributed by atoms with Crippen LogP contribution in [0.3, 0.4) is 0 Å². The lowest BCUT2D eigenvalue weighted by Gasteiger charge is -2.36. The zero-order valence-corrected chi connectivity index (χ0v) is 24.2. The van der Waals surface area contributed by atoms with Gasteiger partial charge in [-0.15, -0.1) is 0 Å². The zero-order chi connectivity index (χ0) is 29.5. The number of benzene rings is 4. The Bertz CT molecular complexity index is 1980. The molecule has 0 aliphatic heterocycles. The Morgan fingerprint density at radius 3 is 1.75 bits per heavy atom. The van der Waals surface area contributed by atoms with Crippen molar-refractivity contribution in [3.05, 3.63) is 132 Å². The quantitative estimate of drug-likeness (QED) is 0.212. The van der Waals surface area contributed by atoms with E-state index in [2.05, 4.69) is 42.5 Å². The largest absolute Gasteiger partial charge is 0.252 e. The van der Waals surface area contributed by atoms with Gasteiger partial charge in [-0.3, -0.25) is 4.98 Å². The Morgan fingerprint density at radius 1 is 0.545 bits per heavy atom. The van der Waals surface area contributed by atoms with Crippen molar-refractivity contribution in [1.82, 2.24) is 19.9 Å². The fraction of sp³-hybridized carbons (Fsp3) is 0.154. The van der Waals surface area contributed by atoms with Gasteiger partial charge in [0.2, 0.25) is 0 Å². The van der Waals surface area contributed by atoms with Gasteiger partial charge in [-0.05, 0) is 64.9 Å². The third-order valence-electron chi connectivity index (χ3n) is 9.22. The molecule has 0 saturated heterocycles. The van der Waals surface area contributed by atoms with Crippen LogP contribution in [-0.2, 0) is 5.41 Å². The first-order valence-corrected chi connectivity index (χ1v) is 15.3. The lowest BCUT2D eigenvalue weighted by atomic mass is 9.67. The van der Waals surface area contributed by atoms with E-state index in [4.69, 9.17) is 19.9 Å². The molecule has 2 aliphatic carbocycles. The number of hydrogen-bond acceptors (Lipinski definition) is 5. The molecule has 2 aliphatic rings. The van der Waals surface area contributed by atoms with Crippen molar-refractivity contribution in [2.24, 2.45) is 0 Å². The summed E-state index contributed by atoms with van der Waals surface area (Å²) >= 11 is 0. The van der Waals surface area contributed by atoms with Crippen molar-refractivity contribution in [2.75, 3.05) is 0 Å². The third kappa shape index (κ3) is 4.39. The van der Waals surface area contributed by atoms with Crippen molar-refractivity contribution < 1.29 is 0 Å². The number of aromatic nitrogens is 4. The summed E-state index contributed by atoms with van der Waals surface area (Å²) in [6.45, 7) is 0. The molecule has 0 atom stereocenters. The van der Waals surface area contributed by atoms with E-state index in [1.807, 2.05) is 79.0 Å². The predicted molar refractivity (Wildman–Crippen MR) is 173 cm³/mol. The smallest absolute Gasteiger partial charge is 0.182 e. The molecular formula is C39H29N5. The Morgan fingerprint density at radius 2 is 1.14 bits per heavy atom. The summed E-state index contributed by atoms with van der Waals surface area (Å²) in [5.41, 5.74) is 10.8. The van der Waals surface area contributed by atoms with Crippen molar-refractivity contribution in [3.63, 3.8) is 0 Å². The zero-order valence-electron chi connectivity index (χ0n) is 24.2. The van der Waals surface area contributed by atoms with Gasteiger partial charge in [0.15, 0.2) is 17.5 Å². The maximum atomic E-state index is 9.65. The summed E-state index contributed by atoms with van der Waals surface area (Å²) in [6, 6.07) is 39.5. The van der Waals surface area contributed by atoms with Crippen LogP contribution in [0.1, 0.15) is 48.8 Å². The van der Waals surface area contributed by atoms with E-state index in [-0.39, 0.29) is 5.41 Å². The molecule has 0 radical (unpaired) electrons. The van der Waals surface area contributed by atoms with Crippen molar-refractivity contribution >= 4 is 0 Å². The Kier molecular flexibility index (Phi) is 6.34. The molecule has 5 heteroatoms. The van der Waals surface area contributed by atoms with Crippen LogP contribution in [0.25, 0.3) is 56.5 Å². The summed E-state index contributed by atoms with van der Waals surface area (Å²) in [5, 5.41) is 9.65.